The van der Waals surface area contributed by atoms with Crippen molar-refractivity contribution in [1.82, 2.24) is 10.6 Å². The van der Waals surface area contributed by atoms with Crippen LogP contribution < -0.4 is 10.6 Å². The summed E-state index contributed by atoms with van der Waals surface area (Å²) in [5.41, 5.74) is 0.587. The van der Waals surface area contributed by atoms with Gasteiger partial charge in [-0.05, 0) is 59.6 Å². The van der Waals surface area contributed by atoms with Gasteiger partial charge >= 0.3 is 0 Å². The van der Waals surface area contributed by atoms with Crippen LogP contribution in [0.2, 0.25) is 5.02 Å². The van der Waals surface area contributed by atoms with Crippen LogP contribution in [0.1, 0.15) is 16.8 Å². The third-order valence-electron chi connectivity index (χ3n) is 2.89. The molecule has 1 aromatic rings. The van der Waals surface area contributed by atoms with Gasteiger partial charge in [-0.25, -0.2) is 0 Å². The molecule has 1 unspecified atom stereocenters. The predicted octanol–water partition coefficient (Wildman–Crippen LogP) is 2.44. The first-order chi connectivity index (χ1) is 8.16. The Hall–Kier alpha value is -0.580. The SMILES string of the molecule is O=C(NCC1CCNC1)c1cc(Cl)ccc1Br. The second kappa shape index (κ2) is 5.85. The Morgan fingerprint density at radius 1 is 1.59 bits per heavy atom. The van der Waals surface area contributed by atoms with E-state index < -0.39 is 0 Å². The van der Waals surface area contributed by atoms with Crippen molar-refractivity contribution in [1.29, 1.82) is 0 Å². The highest BCUT2D eigenvalue weighted by Crippen LogP contribution is 2.21. The zero-order valence-electron chi connectivity index (χ0n) is 9.30. The normalized spacial score (nSPS) is 19.3. The Labute approximate surface area is 114 Å². The fraction of sp³-hybridized carbons (Fsp3) is 0.417. The molecule has 1 aliphatic rings. The lowest BCUT2D eigenvalue weighted by molar-refractivity contribution is 0.0947. The zero-order chi connectivity index (χ0) is 12.3. The second-order valence-corrected chi connectivity index (χ2v) is 5.48. The molecule has 2 rings (SSSR count). The van der Waals surface area contributed by atoms with Gasteiger partial charge in [0.1, 0.15) is 0 Å². The zero-order valence-corrected chi connectivity index (χ0v) is 11.6. The van der Waals surface area contributed by atoms with E-state index in [9.17, 15) is 4.79 Å². The summed E-state index contributed by atoms with van der Waals surface area (Å²) < 4.78 is 0.768. The molecule has 1 amide bonds. The molecule has 92 valence electrons. The van der Waals surface area contributed by atoms with E-state index in [1.165, 1.54) is 0 Å². The first-order valence-electron chi connectivity index (χ1n) is 5.61. The number of nitrogens with one attached hydrogen (secondary N) is 2. The van der Waals surface area contributed by atoms with Crippen molar-refractivity contribution in [3.05, 3.63) is 33.3 Å². The van der Waals surface area contributed by atoms with Crippen LogP contribution in [0, 0.1) is 5.92 Å². The Morgan fingerprint density at radius 2 is 2.41 bits per heavy atom. The summed E-state index contributed by atoms with van der Waals surface area (Å²) in [6, 6.07) is 5.21. The van der Waals surface area contributed by atoms with Crippen LogP contribution >= 0.6 is 27.5 Å². The van der Waals surface area contributed by atoms with Crippen molar-refractivity contribution < 1.29 is 4.79 Å². The average molecular weight is 318 g/mol. The Kier molecular flexibility index (Phi) is 4.42. The molecule has 17 heavy (non-hydrogen) atoms. The summed E-state index contributed by atoms with van der Waals surface area (Å²) in [6.45, 7) is 2.74. The lowest BCUT2D eigenvalue weighted by Crippen LogP contribution is -2.30. The van der Waals surface area contributed by atoms with Crippen molar-refractivity contribution in [2.75, 3.05) is 19.6 Å². The van der Waals surface area contributed by atoms with E-state index in [2.05, 4.69) is 26.6 Å². The highest BCUT2D eigenvalue weighted by atomic mass is 79.9. The van der Waals surface area contributed by atoms with Gasteiger partial charge in [0.2, 0.25) is 0 Å². The molecule has 1 aliphatic heterocycles. The summed E-state index contributed by atoms with van der Waals surface area (Å²) in [5.74, 6) is 0.461. The Bertz CT molecular complexity index is 419. The van der Waals surface area contributed by atoms with E-state index in [1.807, 2.05) is 0 Å². The quantitative estimate of drug-likeness (QED) is 0.899. The summed E-state index contributed by atoms with van der Waals surface area (Å²) in [7, 11) is 0. The molecule has 1 atom stereocenters. The molecule has 1 saturated heterocycles. The molecule has 2 N–H and O–H groups in total. The van der Waals surface area contributed by atoms with Crippen LogP contribution in [0.25, 0.3) is 0 Å². The molecule has 0 aromatic heterocycles. The van der Waals surface area contributed by atoms with Gasteiger partial charge in [-0.3, -0.25) is 4.79 Å². The number of carbonyl (C=O) groups is 1. The van der Waals surface area contributed by atoms with E-state index in [4.69, 9.17) is 11.6 Å². The first kappa shape index (κ1) is 12.9. The number of rotatable bonds is 3. The second-order valence-electron chi connectivity index (χ2n) is 4.19. The number of halogens is 2. The molecular weight excluding hydrogens is 304 g/mol. The van der Waals surface area contributed by atoms with E-state index in [1.54, 1.807) is 18.2 Å². The third-order valence-corrected chi connectivity index (χ3v) is 3.81. The van der Waals surface area contributed by atoms with Crippen molar-refractivity contribution in [2.24, 2.45) is 5.92 Å². The van der Waals surface area contributed by atoms with Gasteiger partial charge in [0, 0.05) is 16.0 Å². The summed E-state index contributed by atoms with van der Waals surface area (Å²) in [5, 5.41) is 6.79. The molecule has 1 heterocycles. The minimum atomic E-state index is -0.0775. The molecular formula is C12H14BrClN2O. The van der Waals surface area contributed by atoms with Gasteiger partial charge in [0.15, 0.2) is 0 Å². The van der Waals surface area contributed by atoms with Crippen LogP contribution in [-0.2, 0) is 0 Å². The average Bonchev–Trinajstić information content (AvgIpc) is 2.82. The van der Waals surface area contributed by atoms with E-state index >= 15 is 0 Å². The number of hydrogen-bond donors (Lipinski definition) is 2. The van der Waals surface area contributed by atoms with Crippen molar-refractivity contribution in [2.45, 2.75) is 6.42 Å². The van der Waals surface area contributed by atoms with Gasteiger partial charge in [-0.15, -0.1) is 0 Å². The largest absolute Gasteiger partial charge is 0.352 e. The van der Waals surface area contributed by atoms with Gasteiger partial charge < -0.3 is 10.6 Å². The molecule has 0 spiro atoms. The summed E-state index contributed by atoms with van der Waals surface area (Å²) in [6.07, 6.45) is 1.12. The molecule has 0 aliphatic carbocycles. The third kappa shape index (κ3) is 3.44. The van der Waals surface area contributed by atoms with Gasteiger partial charge in [0.05, 0.1) is 5.56 Å². The van der Waals surface area contributed by atoms with E-state index in [-0.39, 0.29) is 5.91 Å². The first-order valence-corrected chi connectivity index (χ1v) is 6.78. The van der Waals surface area contributed by atoms with Crippen molar-refractivity contribution >= 4 is 33.4 Å². The van der Waals surface area contributed by atoms with Crippen LogP contribution in [0.4, 0.5) is 0 Å². The molecule has 0 bridgehead atoms. The lowest BCUT2D eigenvalue weighted by Gasteiger charge is -2.11. The van der Waals surface area contributed by atoms with Crippen molar-refractivity contribution in [3.8, 4) is 0 Å². The van der Waals surface area contributed by atoms with E-state index in [0.717, 1.165) is 24.0 Å². The molecule has 5 heteroatoms. The minimum Gasteiger partial charge on any atom is -0.352 e. The maximum atomic E-state index is 12.0. The highest BCUT2D eigenvalue weighted by Gasteiger charge is 2.16. The fourth-order valence-corrected chi connectivity index (χ4v) is 2.49. The summed E-state index contributed by atoms with van der Waals surface area (Å²) >= 11 is 9.23. The van der Waals surface area contributed by atoms with Crippen LogP contribution in [0.3, 0.4) is 0 Å². The molecule has 1 aromatic carbocycles. The van der Waals surface area contributed by atoms with Crippen LogP contribution in [-0.4, -0.2) is 25.5 Å². The van der Waals surface area contributed by atoms with Crippen LogP contribution in [0.15, 0.2) is 22.7 Å². The van der Waals surface area contributed by atoms with E-state index in [0.29, 0.717) is 23.0 Å². The van der Waals surface area contributed by atoms with Gasteiger partial charge in [0.25, 0.3) is 5.91 Å². The van der Waals surface area contributed by atoms with Crippen LogP contribution in [0.5, 0.6) is 0 Å². The molecule has 1 fully saturated rings. The van der Waals surface area contributed by atoms with Gasteiger partial charge in [-0.1, -0.05) is 11.6 Å². The Morgan fingerprint density at radius 3 is 3.12 bits per heavy atom. The smallest absolute Gasteiger partial charge is 0.252 e. The maximum absolute atomic E-state index is 12.0. The lowest BCUT2D eigenvalue weighted by atomic mass is 10.1. The topological polar surface area (TPSA) is 41.1 Å². The highest BCUT2D eigenvalue weighted by molar-refractivity contribution is 9.10. The molecule has 0 radical (unpaired) electrons. The Balaban J connectivity index is 1.96. The fourth-order valence-electron chi connectivity index (χ4n) is 1.89. The molecule has 0 saturated carbocycles. The number of carbonyl (C=O) groups excluding carboxylic acids is 1. The maximum Gasteiger partial charge on any atom is 0.252 e. The minimum absolute atomic E-state index is 0.0775. The number of hydrogen-bond acceptors (Lipinski definition) is 2. The standard InChI is InChI=1S/C12H14BrClN2O/c13-11-2-1-9(14)5-10(11)12(17)16-7-8-3-4-15-6-8/h1-2,5,8,15H,3-4,6-7H2,(H,16,17). The number of benzene rings is 1. The summed E-state index contributed by atoms with van der Waals surface area (Å²) in [4.78, 5) is 12.0. The monoisotopic (exact) mass is 316 g/mol. The number of amides is 1. The molecule has 3 nitrogen and oxygen atoms in total. The van der Waals surface area contributed by atoms with Gasteiger partial charge in [-0.2, -0.15) is 0 Å². The predicted molar refractivity (Wildman–Crippen MR) is 72.5 cm³/mol. The van der Waals surface area contributed by atoms with Crippen molar-refractivity contribution in [3.63, 3.8) is 0 Å².